The van der Waals surface area contributed by atoms with Crippen LogP contribution in [0.2, 0.25) is 0 Å². The van der Waals surface area contributed by atoms with Crippen molar-refractivity contribution in [3.8, 4) is 11.4 Å². The molecule has 2 aromatic carbocycles. The van der Waals surface area contributed by atoms with Crippen LogP contribution < -0.4 is 32.2 Å². The van der Waals surface area contributed by atoms with Crippen molar-refractivity contribution in [2.45, 2.75) is 46.6 Å². The highest BCUT2D eigenvalue weighted by Gasteiger charge is 2.24. The molecule has 11 heteroatoms. The molecule has 1 aliphatic carbocycles. The second kappa shape index (κ2) is 11.8. The SMILES string of the molecule is CC.Cc1ccc(Nc2c3c(=O)n(C)c(=O)n(-c4cccc(OCC(=O)NC5CC5)c4)c3c(C)c(=O)n2C)c(F)c1. The Bertz CT molecular complexity index is 1820. The summed E-state index contributed by atoms with van der Waals surface area (Å²) >= 11 is 0. The summed E-state index contributed by atoms with van der Waals surface area (Å²) in [6.07, 6.45) is 1.91. The minimum atomic E-state index is -0.681. The standard InChI is InChI=1S/C28H28FN5O5.C2H6/c1-15-8-11-21(20(29)12-15)31-25-23-24(16(2)26(36)32(25)3)34(28(38)33(4)27(23)37)18-6-5-7-19(13-18)39-14-22(35)30-17-9-10-17;1-2/h5-8,11-13,17,31H,9-10,14H2,1-4H3,(H,30,35);1-2H3. The number of carbonyl (C=O) groups excluding carboxylic acids is 1. The fraction of sp³-hybridized carbons (Fsp3) is 0.333. The largest absolute Gasteiger partial charge is 0.484 e. The maximum atomic E-state index is 14.8. The lowest BCUT2D eigenvalue weighted by Gasteiger charge is -2.20. The second-order valence-corrected chi connectivity index (χ2v) is 9.78. The second-order valence-electron chi connectivity index (χ2n) is 9.78. The molecular weight excluding hydrogens is 529 g/mol. The summed E-state index contributed by atoms with van der Waals surface area (Å²) < 4.78 is 23.8. The molecule has 4 aromatic rings. The van der Waals surface area contributed by atoms with Crippen LogP contribution in [0, 0.1) is 19.7 Å². The van der Waals surface area contributed by atoms with Crippen LogP contribution in [0.25, 0.3) is 16.6 Å². The van der Waals surface area contributed by atoms with Gasteiger partial charge in [-0.25, -0.2) is 9.18 Å². The summed E-state index contributed by atoms with van der Waals surface area (Å²) in [5.41, 5.74) is -0.452. The van der Waals surface area contributed by atoms with Gasteiger partial charge in [-0.1, -0.05) is 26.0 Å². The number of hydrogen-bond donors (Lipinski definition) is 2. The van der Waals surface area contributed by atoms with Crippen LogP contribution in [0.1, 0.15) is 37.8 Å². The molecule has 216 valence electrons. The van der Waals surface area contributed by atoms with Crippen molar-refractivity contribution in [2.24, 2.45) is 14.1 Å². The fourth-order valence-corrected chi connectivity index (χ4v) is 4.50. The van der Waals surface area contributed by atoms with Crippen molar-refractivity contribution in [1.82, 2.24) is 19.0 Å². The van der Waals surface area contributed by atoms with Crippen LogP contribution in [0.3, 0.4) is 0 Å². The van der Waals surface area contributed by atoms with E-state index in [0.29, 0.717) is 17.0 Å². The first kappa shape index (κ1) is 29.3. The van der Waals surface area contributed by atoms with E-state index in [4.69, 9.17) is 4.74 Å². The van der Waals surface area contributed by atoms with Gasteiger partial charge >= 0.3 is 5.69 Å². The van der Waals surface area contributed by atoms with Crippen LogP contribution >= 0.6 is 0 Å². The number of ether oxygens (including phenoxy) is 1. The lowest BCUT2D eigenvalue weighted by Crippen LogP contribution is -2.40. The molecule has 2 aromatic heterocycles. The number of nitrogens with zero attached hydrogens (tertiary/aromatic N) is 3. The zero-order valence-corrected chi connectivity index (χ0v) is 24.0. The number of benzene rings is 2. The number of halogens is 1. The van der Waals surface area contributed by atoms with Crippen molar-refractivity contribution < 1.29 is 13.9 Å². The number of rotatable bonds is 7. The van der Waals surface area contributed by atoms with E-state index in [-0.39, 0.29) is 46.5 Å². The van der Waals surface area contributed by atoms with Gasteiger partial charge < -0.3 is 15.4 Å². The highest BCUT2D eigenvalue weighted by molar-refractivity contribution is 5.93. The summed E-state index contributed by atoms with van der Waals surface area (Å²) in [5.74, 6) is -0.432. The molecule has 10 nitrogen and oxygen atoms in total. The molecule has 1 fully saturated rings. The van der Waals surface area contributed by atoms with Crippen molar-refractivity contribution in [3.63, 3.8) is 0 Å². The third kappa shape index (κ3) is 5.79. The molecular formula is C30H34FN5O5. The van der Waals surface area contributed by atoms with Crippen LogP contribution in [-0.4, -0.2) is 32.3 Å². The van der Waals surface area contributed by atoms with Crippen LogP contribution in [0.5, 0.6) is 5.75 Å². The molecule has 0 atom stereocenters. The first-order chi connectivity index (χ1) is 19.6. The smallest absolute Gasteiger partial charge is 0.335 e. The Hall–Kier alpha value is -4.67. The number of anilines is 2. The third-order valence-electron chi connectivity index (χ3n) is 6.78. The number of carbonyl (C=O) groups is 1. The van der Waals surface area contributed by atoms with Crippen LogP contribution in [-0.2, 0) is 18.9 Å². The van der Waals surface area contributed by atoms with Crippen molar-refractivity contribution >= 4 is 28.3 Å². The molecule has 2 heterocycles. The van der Waals surface area contributed by atoms with Crippen LogP contribution in [0.15, 0.2) is 56.8 Å². The molecule has 41 heavy (non-hydrogen) atoms. The first-order valence-electron chi connectivity index (χ1n) is 13.5. The van der Waals surface area contributed by atoms with Gasteiger partial charge in [-0.3, -0.25) is 28.1 Å². The molecule has 0 bridgehead atoms. The van der Waals surface area contributed by atoms with E-state index in [1.165, 1.54) is 42.3 Å². The number of aromatic nitrogens is 3. The van der Waals surface area contributed by atoms with E-state index in [1.807, 2.05) is 13.8 Å². The Labute approximate surface area is 236 Å². The lowest BCUT2D eigenvalue weighted by molar-refractivity contribution is -0.123. The Morgan fingerprint density at radius 3 is 2.37 bits per heavy atom. The zero-order valence-electron chi connectivity index (χ0n) is 24.0. The number of fused-ring (bicyclic) bond motifs is 1. The summed E-state index contributed by atoms with van der Waals surface area (Å²) in [4.78, 5) is 52.3. The molecule has 2 N–H and O–H groups in total. The van der Waals surface area contributed by atoms with E-state index in [1.54, 1.807) is 37.3 Å². The van der Waals surface area contributed by atoms with Gasteiger partial charge in [-0.05, 0) is 56.5 Å². The molecule has 0 saturated heterocycles. The quantitative estimate of drug-likeness (QED) is 0.355. The van der Waals surface area contributed by atoms with E-state index in [9.17, 15) is 23.6 Å². The average molecular weight is 564 g/mol. The van der Waals surface area contributed by atoms with Gasteiger partial charge in [0.2, 0.25) is 0 Å². The Kier molecular flexibility index (Phi) is 8.46. The van der Waals surface area contributed by atoms with Crippen LogP contribution in [0.4, 0.5) is 15.9 Å². The summed E-state index contributed by atoms with van der Waals surface area (Å²) in [6, 6.07) is 11.2. The van der Waals surface area contributed by atoms with Crippen molar-refractivity contribution in [1.29, 1.82) is 0 Å². The Morgan fingerprint density at radius 1 is 1.00 bits per heavy atom. The predicted molar refractivity (Wildman–Crippen MR) is 157 cm³/mol. The fourth-order valence-electron chi connectivity index (χ4n) is 4.50. The highest BCUT2D eigenvalue weighted by atomic mass is 19.1. The maximum absolute atomic E-state index is 14.8. The van der Waals surface area contributed by atoms with E-state index in [2.05, 4.69) is 10.6 Å². The topological polar surface area (TPSA) is 116 Å². The van der Waals surface area contributed by atoms with Gasteiger partial charge in [0.25, 0.3) is 17.0 Å². The zero-order chi connectivity index (χ0) is 30.0. The van der Waals surface area contributed by atoms with Gasteiger partial charge in [0.15, 0.2) is 6.61 Å². The van der Waals surface area contributed by atoms with Crippen molar-refractivity contribution in [3.05, 3.63) is 90.6 Å². The van der Waals surface area contributed by atoms with Gasteiger partial charge in [-0.15, -0.1) is 0 Å². The van der Waals surface area contributed by atoms with E-state index in [0.717, 1.165) is 17.4 Å². The van der Waals surface area contributed by atoms with Gasteiger partial charge in [0, 0.05) is 31.8 Å². The molecule has 1 amide bonds. The van der Waals surface area contributed by atoms with E-state index >= 15 is 0 Å². The predicted octanol–water partition coefficient (Wildman–Crippen LogP) is 3.57. The third-order valence-corrected chi connectivity index (χ3v) is 6.78. The number of hydrogen-bond acceptors (Lipinski definition) is 6. The number of aryl methyl sites for hydroxylation is 2. The average Bonchev–Trinajstić information content (AvgIpc) is 3.78. The van der Waals surface area contributed by atoms with Gasteiger partial charge in [0.05, 0.1) is 16.9 Å². The number of pyridine rings is 1. The summed E-state index contributed by atoms with van der Waals surface area (Å²) in [7, 11) is 2.80. The molecule has 0 spiro atoms. The molecule has 1 saturated carbocycles. The van der Waals surface area contributed by atoms with E-state index < -0.39 is 22.6 Å². The molecule has 1 aliphatic rings. The normalized spacial score (nSPS) is 12.5. The molecule has 0 aliphatic heterocycles. The minimum absolute atomic E-state index is 0.0341. The lowest BCUT2D eigenvalue weighted by atomic mass is 10.1. The molecule has 5 rings (SSSR count). The number of amides is 1. The van der Waals surface area contributed by atoms with Gasteiger partial charge in [-0.2, -0.15) is 0 Å². The highest BCUT2D eigenvalue weighted by Crippen LogP contribution is 2.27. The molecule has 0 unspecified atom stereocenters. The Balaban J connectivity index is 0.00000189. The monoisotopic (exact) mass is 563 g/mol. The Morgan fingerprint density at radius 2 is 1.71 bits per heavy atom. The van der Waals surface area contributed by atoms with Gasteiger partial charge in [0.1, 0.15) is 22.8 Å². The first-order valence-corrected chi connectivity index (χ1v) is 13.5. The summed E-state index contributed by atoms with van der Waals surface area (Å²) in [5, 5.41) is 5.78. The van der Waals surface area contributed by atoms with Crippen molar-refractivity contribution in [2.75, 3.05) is 11.9 Å². The summed E-state index contributed by atoms with van der Waals surface area (Å²) in [6.45, 7) is 7.08. The maximum Gasteiger partial charge on any atom is 0.335 e. The number of nitrogens with one attached hydrogen (secondary N) is 2. The minimum Gasteiger partial charge on any atom is -0.484 e. The molecule has 0 radical (unpaired) electrons.